The first-order valence-corrected chi connectivity index (χ1v) is 5.54. The normalized spacial score (nSPS) is 12.5. The SMILES string of the molecule is Cc1cc(C)nc(SCC(N)C(=O)O)c1. The molecule has 0 aliphatic rings. The Labute approximate surface area is 92.9 Å². The molecule has 0 aromatic carbocycles. The second kappa shape index (κ2) is 5.14. The quantitative estimate of drug-likeness (QED) is 0.754. The van der Waals surface area contributed by atoms with Crippen LogP contribution in [0.25, 0.3) is 0 Å². The van der Waals surface area contributed by atoms with Crippen LogP contribution in [0, 0.1) is 13.8 Å². The lowest BCUT2D eigenvalue weighted by Gasteiger charge is -2.06. The first kappa shape index (κ1) is 12.0. The molecule has 1 aromatic rings. The van der Waals surface area contributed by atoms with E-state index in [2.05, 4.69) is 4.98 Å². The molecule has 0 radical (unpaired) electrons. The van der Waals surface area contributed by atoms with Gasteiger partial charge in [-0.2, -0.15) is 0 Å². The van der Waals surface area contributed by atoms with Crippen molar-refractivity contribution in [1.29, 1.82) is 0 Å². The molecule has 4 nitrogen and oxygen atoms in total. The van der Waals surface area contributed by atoms with Gasteiger partial charge in [-0.1, -0.05) is 0 Å². The van der Waals surface area contributed by atoms with Crippen molar-refractivity contribution in [3.63, 3.8) is 0 Å². The molecule has 3 N–H and O–H groups in total. The van der Waals surface area contributed by atoms with Gasteiger partial charge in [0.15, 0.2) is 0 Å². The van der Waals surface area contributed by atoms with Crippen LogP contribution in [0.5, 0.6) is 0 Å². The molecule has 1 rings (SSSR count). The number of hydrogen-bond acceptors (Lipinski definition) is 4. The maximum Gasteiger partial charge on any atom is 0.321 e. The van der Waals surface area contributed by atoms with E-state index in [1.807, 2.05) is 26.0 Å². The molecule has 5 heteroatoms. The minimum atomic E-state index is -0.980. The molecule has 0 aliphatic heterocycles. The van der Waals surface area contributed by atoms with Crippen LogP contribution in [0.3, 0.4) is 0 Å². The number of carboxylic acid groups (broad SMARTS) is 1. The van der Waals surface area contributed by atoms with Crippen molar-refractivity contribution >= 4 is 17.7 Å². The second-order valence-electron chi connectivity index (χ2n) is 3.38. The van der Waals surface area contributed by atoms with Crippen LogP contribution >= 0.6 is 11.8 Å². The molecular weight excluding hydrogens is 212 g/mol. The summed E-state index contributed by atoms with van der Waals surface area (Å²) in [5.74, 6) is -0.641. The molecular formula is C10H14N2O2S. The van der Waals surface area contributed by atoms with Crippen molar-refractivity contribution in [2.45, 2.75) is 24.9 Å². The molecule has 1 aromatic heterocycles. The number of nitrogens with two attached hydrogens (primary N) is 1. The average molecular weight is 226 g/mol. The summed E-state index contributed by atoms with van der Waals surface area (Å²) in [4.78, 5) is 14.8. The van der Waals surface area contributed by atoms with Crippen molar-refractivity contribution in [3.05, 3.63) is 23.4 Å². The Morgan fingerprint density at radius 1 is 1.60 bits per heavy atom. The molecule has 0 saturated heterocycles. The van der Waals surface area contributed by atoms with Crippen molar-refractivity contribution in [1.82, 2.24) is 4.98 Å². The highest BCUT2D eigenvalue weighted by atomic mass is 32.2. The Hall–Kier alpha value is -1.07. The van der Waals surface area contributed by atoms with Crippen molar-refractivity contribution in [2.75, 3.05) is 5.75 Å². The lowest BCUT2D eigenvalue weighted by atomic mass is 10.3. The zero-order valence-corrected chi connectivity index (χ0v) is 9.54. The van der Waals surface area contributed by atoms with Crippen LogP contribution in [-0.4, -0.2) is 27.9 Å². The molecule has 0 amide bonds. The molecule has 1 atom stereocenters. The third kappa shape index (κ3) is 3.89. The lowest BCUT2D eigenvalue weighted by molar-refractivity contribution is -0.137. The summed E-state index contributed by atoms with van der Waals surface area (Å²) in [5.41, 5.74) is 7.44. The van der Waals surface area contributed by atoms with Gasteiger partial charge in [0, 0.05) is 11.4 Å². The molecule has 0 fully saturated rings. The van der Waals surface area contributed by atoms with E-state index in [4.69, 9.17) is 10.8 Å². The summed E-state index contributed by atoms with van der Waals surface area (Å²) in [6, 6.07) is 3.06. The minimum Gasteiger partial charge on any atom is -0.480 e. The topological polar surface area (TPSA) is 76.2 Å². The summed E-state index contributed by atoms with van der Waals surface area (Å²) < 4.78 is 0. The number of carbonyl (C=O) groups is 1. The number of aliphatic carboxylic acids is 1. The summed E-state index contributed by atoms with van der Waals surface area (Å²) >= 11 is 1.37. The van der Waals surface area contributed by atoms with Gasteiger partial charge in [0.05, 0.1) is 5.03 Å². The molecule has 0 spiro atoms. The molecule has 1 heterocycles. The van der Waals surface area contributed by atoms with E-state index in [0.717, 1.165) is 16.3 Å². The van der Waals surface area contributed by atoms with E-state index in [1.165, 1.54) is 11.8 Å². The number of carboxylic acids is 1. The van der Waals surface area contributed by atoms with Gasteiger partial charge in [-0.25, -0.2) is 4.98 Å². The van der Waals surface area contributed by atoms with Gasteiger partial charge in [0.1, 0.15) is 6.04 Å². The largest absolute Gasteiger partial charge is 0.480 e. The third-order valence-corrected chi connectivity index (χ3v) is 2.83. The van der Waals surface area contributed by atoms with Crippen molar-refractivity contribution in [2.24, 2.45) is 5.73 Å². The van der Waals surface area contributed by atoms with E-state index in [0.29, 0.717) is 5.75 Å². The molecule has 0 saturated carbocycles. The fourth-order valence-electron chi connectivity index (χ4n) is 1.12. The van der Waals surface area contributed by atoms with Crippen LogP contribution in [0.15, 0.2) is 17.2 Å². The van der Waals surface area contributed by atoms with E-state index in [1.54, 1.807) is 0 Å². The second-order valence-corrected chi connectivity index (χ2v) is 4.42. The van der Waals surface area contributed by atoms with Gasteiger partial charge in [0.25, 0.3) is 0 Å². The van der Waals surface area contributed by atoms with Crippen LogP contribution in [-0.2, 0) is 4.79 Å². The maximum absolute atomic E-state index is 10.5. The lowest BCUT2D eigenvalue weighted by Crippen LogP contribution is -2.32. The zero-order chi connectivity index (χ0) is 11.4. The van der Waals surface area contributed by atoms with Gasteiger partial charge in [-0.15, -0.1) is 11.8 Å². The monoisotopic (exact) mass is 226 g/mol. The average Bonchev–Trinajstić information content (AvgIpc) is 2.12. The predicted molar refractivity (Wildman–Crippen MR) is 60.0 cm³/mol. The highest BCUT2D eigenvalue weighted by Crippen LogP contribution is 2.18. The number of hydrogen-bond donors (Lipinski definition) is 2. The predicted octanol–water partition coefficient (Wildman–Crippen LogP) is 1.20. The fraction of sp³-hybridized carbons (Fsp3) is 0.400. The van der Waals surface area contributed by atoms with Crippen LogP contribution in [0.1, 0.15) is 11.3 Å². The number of aryl methyl sites for hydroxylation is 2. The number of rotatable bonds is 4. The Morgan fingerprint density at radius 3 is 2.80 bits per heavy atom. The summed E-state index contributed by atoms with van der Waals surface area (Å²) in [5, 5.41) is 9.43. The molecule has 0 bridgehead atoms. The van der Waals surface area contributed by atoms with Gasteiger partial charge in [-0.3, -0.25) is 4.79 Å². The van der Waals surface area contributed by atoms with Gasteiger partial charge in [-0.05, 0) is 31.5 Å². The Morgan fingerprint density at radius 2 is 2.27 bits per heavy atom. The van der Waals surface area contributed by atoms with Gasteiger partial charge in [0.2, 0.25) is 0 Å². The molecule has 0 aliphatic carbocycles. The van der Waals surface area contributed by atoms with Crippen LogP contribution in [0.4, 0.5) is 0 Å². The number of nitrogens with zero attached hydrogens (tertiary/aromatic N) is 1. The van der Waals surface area contributed by atoms with Crippen LogP contribution in [0.2, 0.25) is 0 Å². The summed E-state index contributed by atoms with van der Waals surface area (Å²) in [7, 11) is 0. The van der Waals surface area contributed by atoms with E-state index in [-0.39, 0.29) is 0 Å². The smallest absolute Gasteiger partial charge is 0.321 e. The number of thioether (sulfide) groups is 1. The first-order valence-electron chi connectivity index (χ1n) is 4.55. The minimum absolute atomic E-state index is 0.339. The van der Waals surface area contributed by atoms with Crippen molar-refractivity contribution in [3.8, 4) is 0 Å². The van der Waals surface area contributed by atoms with Gasteiger partial charge < -0.3 is 10.8 Å². The zero-order valence-electron chi connectivity index (χ0n) is 8.73. The Bertz CT molecular complexity index is 348. The highest BCUT2D eigenvalue weighted by Gasteiger charge is 2.12. The number of pyridine rings is 1. The van der Waals surface area contributed by atoms with Crippen LogP contribution < -0.4 is 5.73 Å². The van der Waals surface area contributed by atoms with E-state index < -0.39 is 12.0 Å². The van der Waals surface area contributed by atoms with E-state index in [9.17, 15) is 4.79 Å². The van der Waals surface area contributed by atoms with Crippen molar-refractivity contribution < 1.29 is 9.90 Å². The summed E-state index contributed by atoms with van der Waals surface area (Å²) in [6.45, 7) is 3.89. The maximum atomic E-state index is 10.5. The fourth-order valence-corrected chi connectivity index (χ4v) is 2.10. The Kier molecular flexibility index (Phi) is 4.11. The highest BCUT2D eigenvalue weighted by molar-refractivity contribution is 7.99. The van der Waals surface area contributed by atoms with Gasteiger partial charge >= 0.3 is 5.97 Å². The summed E-state index contributed by atoms with van der Waals surface area (Å²) in [6.07, 6.45) is 0. The standard InChI is InChI=1S/C10H14N2O2S/c1-6-3-7(2)12-9(4-6)15-5-8(11)10(13)14/h3-4,8H,5,11H2,1-2H3,(H,13,14). The van der Waals surface area contributed by atoms with E-state index >= 15 is 0 Å². The molecule has 15 heavy (non-hydrogen) atoms. The number of aromatic nitrogens is 1. The third-order valence-electron chi connectivity index (χ3n) is 1.80. The Balaban J connectivity index is 2.61. The first-order chi connectivity index (χ1) is 6.99. The molecule has 82 valence electrons. The molecule has 1 unspecified atom stereocenters.